The van der Waals surface area contributed by atoms with Gasteiger partial charge in [0.1, 0.15) is 0 Å². The van der Waals surface area contributed by atoms with Gasteiger partial charge in [0.2, 0.25) is 5.91 Å². The van der Waals surface area contributed by atoms with Crippen LogP contribution in [0.25, 0.3) is 0 Å². The van der Waals surface area contributed by atoms with Crippen LogP contribution >= 0.6 is 11.6 Å². The fraction of sp³-hybridized carbons (Fsp3) is 0.500. The molecule has 0 spiro atoms. The van der Waals surface area contributed by atoms with E-state index in [9.17, 15) is 18.0 Å². The lowest BCUT2D eigenvalue weighted by atomic mass is 9.85. The zero-order valence-corrected chi connectivity index (χ0v) is 12.0. The lowest BCUT2D eigenvalue weighted by Crippen LogP contribution is -2.34. The lowest BCUT2D eigenvalue weighted by Gasteiger charge is -2.25. The standard InChI is InChI=1S/C14H16ClF3N2O/c15-11-7-9(14(16,17)18)4-5-12(11)20-13(21)8-2-1-3-10(19)6-8/h4-5,7-8,10H,1-3,6,19H2,(H,20,21). The van der Waals surface area contributed by atoms with E-state index >= 15 is 0 Å². The number of nitrogens with one attached hydrogen (secondary N) is 1. The summed E-state index contributed by atoms with van der Waals surface area (Å²) >= 11 is 5.81. The third-order valence-corrected chi connectivity index (χ3v) is 3.95. The minimum absolute atomic E-state index is 0.00224. The van der Waals surface area contributed by atoms with Gasteiger partial charge in [0, 0.05) is 12.0 Å². The number of nitrogens with two attached hydrogens (primary N) is 1. The number of rotatable bonds is 2. The Labute approximate surface area is 125 Å². The van der Waals surface area contributed by atoms with Crippen LogP contribution in [-0.4, -0.2) is 11.9 Å². The number of hydrogen-bond acceptors (Lipinski definition) is 2. The summed E-state index contributed by atoms with van der Waals surface area (Å²) in [4.78, 5) is 12.1. The van der Waals surface area contributed by atoms with E-state index in [0.717, 1.165) is 31.4 Å². The summed E-state index contributed by atoms with van der Waals surface area (Å²) in [6.07, 6.45) is -1.37. The van der Waals surface area contributed by atoms with Crippen molar-refractivity contribution in [2.45, 2.75) is 37.9 Å². The molecule has 0 saturated heterocycles. The van der Waals surface area contributed by atoms with Crippen LogP contribution in [0.4, 0.5) is 18.9 Å². The van der Waals surface area contributed by atoms with Crippen molar-refractivity contribution in [2.24, 2.45) is 11.7 Å². The molecule has 1 fully saturated rings. The first-order valence-corrected chi connectivity index (χ1v) is 7.08. The van der Waals surface area contributed by atoms with Gasteiger partial charge in [-0.1, -0.05) is 18.0 Å². The highest BCUT2D eigenvalue weighted by Gasteiger charge is 2.31. The molecule has 1 amide bonds. The fourth-order valence-electron chi connectivity index (χ4n) is 2.49. The Kier molecular flexibility index (Phi) is 4.78. The molecule has 0 heterocycles. The van der Waals surface area contributed by atoms with Crippen molar-refractivity contribution in [3.05, 3.63) is 28.8 Å². The van der Waals surface area contributed by atoms with Crippen molar-refractivity contribution < 1.29 is 18.0 Å². The highest BCUT2D eigenvalue weighted by molar-refractivity contribution is 6.33. The Morgan fingerprint density at radius 3 is 2.62 bits per heavy atom. The topological polar surface area (TPSA) is 55.1 Å². The maximum atomic E-state index is 12.5. The van der Waals surface area contributed by atoms with E-state index in [0.29, 0.717) is 6.42 Å². The molecule has 3 nitrogen and oxygen atoms in total. The van der Waals surface area contributed by atoms with E-state index in [1.807, 2.05) is 0 Å². The molecular formula is C14H16ClF3N2O. The molecule has 2 unspecified atom stereocenters. The van der Waals surface area contributed by atoms with Gasteiger partial charge in [0.25, 0.3) is 0 Å². The summed E-state index contributed by atoms with van der Waals surface area (Å²) in [7, 11) is 0. The molecule has 1 aromatic carbocycles. The molecule has 1 aliphatic rings. The van der Waals surface area contributed by atoms with Crippen molar-refractivity contribution in [1.82, 2.24) is 0 Å². The zero-order valence-electron chi connectivity index (χ0n) is 11.2. The Morgan fingerprint density at radius 1 is 1.33 bits per heavy atom. The van der Waals surface area contributed by atoms with Crippen LogP contribution in [0.1, 0.15) is 31.2 Å². The van der Waals surface area contributed by atoms with E-state index in [1.54, 1.807) is 0 Å². The molecule has 0 aromatic heterocycles. The zero-order chi connectivity index (χ0) is 15.6. The Balaban J connectivity index is 2.07. The number of hydrogen-bond donors (Lipinski definition) is 2. The monoisotopic (exact) mass is 320 g/mol. The van der Waals surface area contributed by atoms with Crippen LogP contribution in [-0.2, 0) is 11.0 Å². The average Bonchev–Trinajstić information content (AvgIpc) is 2.39. The highest BCUT2D eigenvalue weighted by atomic mass is 35.5. The van der Waals surface area contributed by atoms with Crippen LogP contribution in [0.3, 0.4) is 0 Å². The van der Waals surface area contributed by atoms with E-state index in [1.165, 1.54) is 6.07 Å². The third-order valence-electron chi connectivity index (χ3n) is 3.64. The minimum atomic E-state index is -4.46. The van der Waals surface area contributed by atoms with Gasteiger partial charge >= 0.3 is 6.18 Å². The summed E-state index contributed by atoms with van der Waals surface area (Å²) in [5.41, 5.74) is 5.17. The number of carbonyl (C=O) groups is 1. The number of benzene rings is 1. The van der Waals surface area contributed by atoms with Gasteiger partial charge in [-0.3, -0.25) is 4.79 Å². The molecule has 1 saturated carbocycles. The SMILES string of the molecule is NC1CCCC(C(=O)Nc2ccc(C(F)(F)F)cc2Cl)C1. The van der Waals surface area contributed by atoms with E-state index < -0.39 is 11.7 Å². The average molecular weight is 321 g/mol. The second kappa shape index (κ2) is 6.23. The highest BCUT2D eigenvalue weighted by Crippen LogP contribution is 2.34. The van der Waals surface area contributed by atoms with E-state index in [2.05, 4.69) is 5.32 Å². The maximum absolute atomic E-state index is 12.5. The minimum Gasteiger partial charge on any atom is -0.328 e. The number of anilines is 1. The van der Waals surface area contributed by atoms with Gasteiger partial charge in [-0.05, 0) is 37.5 Å². The van der Waals surface area contributed by atoms with Crippen LogP contribution in [0.5, 0.6) is 0 Å². The predicted molar refractivity (Wildman–Crippen MR) is 75.0 cm³/mol. The van der Waals surface area contributed by atoms with Crippen LogP contribution in [0.15, 0.2) is 18.2 Å². The molecule has 21 heavy (non-hydrogen) atoms. The molecule has 3 N–H and O–H groups in total. The number of amides is 1. The molecule has 116 valence electrons. The van der Waals surface area contributed by atoms with Gasteiger partial charge < -0.3 is 11.1 Å². The molecule has 0 radical (unpaired) electrons. The van der Waals surface area contributed by atoms with Crippen LogP contribution in [0, 0.1) is 5.92 Å². The van der Waals surface area contributed by atoms with E-state index in [4.69, 9.17) is 17.3 Å². The molecule has 2 rings (SSSR count). The van der Waals surface area contributed by atoms with Gasteiger partial charge in [0.05, 0.1) is 16.3 Å². The summed E-state index contributed by atoms with van der Waals surface area (Å²) in [6.45, 7) is 0. The van der Waals surface area contributed by atoms with Gasteiger partial charge in [-0.15, -0.1) is 0 Å². The molecule has 7 heteroatoms. The number of alkyl halides is 3. The van der Waals surface area contributed by atoms with Crippen molar-refractivity contribution in [1.29, 1.82) is 0 Å². The number of halogens is 4. The Bertz CT molecular complexity index is 533. The second-order valence-electron chi connectivity index (χ2n) is 5.31. The maximum Gasteiger partial charge on any atom is 0.416 e. The molecule has 0 aliphatic heterocycles. The van der Waals surface area contributed by atoms with Crippen molar-refractivity contribution in [3.8, 4) is 0 Å². The van der Waals surface area contributed by atoms with Crippen molar-refractivity contribution in [3.63, 3.8) is 0 Å². The first kappa shape index (κ1) is 16.1. The Hall–Kier alpha value is -1.27. The molecule has 0 bridgehead atoms. The second-order valence-corrected chi connectivity index (χ2v) is 5.71. The molecule has 1 aliphatic carbocycles. The van der Waals surface area contributed by atoms with Gasteiger partial charge in [-0.2, -0.15) is 13.2 Å². The molecule has 1 aromatic rings. The number of carbonyl (C=O) groups excluding carboxylic acids is 1. The largest absolute Gasteiger partial charge is 0.416 e. The fourth-order valence-corrected chi connectivity index (χ4v) is 2.72. The first-order valence-electron chi connectivity index (χ1n) is 6.70. The Morgan fingerprint density at radius 2 is 2.05 bits per heavy atom. The summed E-state index contributed by atoms with van der Waals surface area (Å²) < 4.78 is 37.6. The molecular weight excluding hydrogens is 305 g/mol. The van der Waals surface area contributed by atoms with Crippen LogP contribution < -0.4 is 11.1 Å². The predicted octanol–water partition coefficient (Wildman–Crippen LogP) is 3.81. The lowest BCUT2D eigenvalue weighted by molar-refractivity contribution is -0.137. The summed E-state index contributed by atoms with van der Waals surface area (Å²) in [5, 5.41) is 2.46. The van der Waals surface area contributed by atoms with Crippen molar-refractivity contribution in [2.75, 3.05) is 5.32 Å². The normalized spacial score (nSPS) is 22.9. The third kappa shape index (κ3) is 4.11. The smallest absolute Gasteiger partial charge is 0.328 e. The molecule has 2 atom stereocenters. The van der Waals surface area contributed by atoms with Gasteiger partial charge in [0.15, 0.2) is 0 Å². The first-order chi connectivity index (χ1) is 9.77. The quantitative estimate of drug-likeness (QED) is 0.870. The van der Waals surface area contributed by atoms with E-state index in [-0.39, 0.29) is 28.6 Å². The van der Waals surface area contributed by atoms with Crippen LogP contribution in [0.2, 0.25) is 5.02 Å². The summed E-state index contributed by atoms with van der Waals surface area (Å²) in [6, 6.07) is 2.88. The van der Waals surface area contributed by atoms with Crippen molar-refractivity contribution >= 4 is 23.2 Å². The van der Waals surface area contributed by atoms with Gasteiger partial charge in [-0.25, -0.2) is 0 Å². The summed E-state index contributed by atoms with van der Waals surface area (Å²) in [5.74, 6) is -0.459.